The third-order valence-corrected chi connectivity index (χ3v) is 4.79. The Morgan fingerprint density at radius 2 is 1.75 bits per heavy atom. The van der Waals surface area contributed by atoms with Crippen molar-refractivity contribution in [3.8, 4) is 0 Å². The van der Waals surface area contributed by atoms with E-state index >= 15 is 0 Å². The lowest BCUT2D eigenvalue weighted by molar-refractivity contribution is 0.0335. The molecule has 0 spiro atoms. The molecule has 0 aromatic heterocycles. The first-order chi connectivity index (χ1) is 9.61. The molecule has 0 saturated carbocycles. The largest absolute Gasteiger partial charge is 0.329 e. The molecular formula is C17H29N3. The van der Waals surface area contributed by atoms with Crippen LogP contribution in [0.4, 0.5) is 0 Å². The van der Waals surface area contributed by atoms with Gasteiger partial charge in [0.05, 0.1) is 0 Å². The molecule has 0 amide bonds. The second-order valence-electron chi connectivity index (χ2n) is 6.23. The smallest absolute Gasteiger partial charge is 0.0222 e. The summed E-state index contributed by atoms with van der Waals surface area (Å²) >= 11 is 0. The molecule has 3 atom stereocenters. The Balaban J connectivity index is 1.91. The summed E-state index contributed by atoms with van der Waals surface area (Å²) in [4.78, 5) is 5.07. The van der Waals surface area contributed by atoms with Crippen LogP contribution in [0.5, 0.6) is 0 Å². The quantitative estimate of drug-likeness (QED) is 0.892. The van der Waals surface area contributed by atoms with Crippen molar-refractivity contribution in [1.82, 2.24) is 9.80 Å². The normalized spacial score (nSPS) is 26.6. The molecule has 3 nitrogen and oxygen atoms in total. The first-order valence-corrected chi connectivity index (χ1v) is 7.81. The highest BCUT2D eigenvalue weighted by atomic mass is 15.3. The van der Waals surface area contributed by atoms with E-state index in [-0.39, 0.29) is 0 Å². The number of aryl methyl sites for hydroxylation is 1. The molecule has 0 bridgehead atoms. The molecule has 1 aromatic carbocycles. The van der Waals surface area contributed by atoms with E-state index in [1.165, 1.54) is 5.56 Å². The van der Waals surface area contributed by atoms with Gasteiger partial charge in [-0.25, -0.2) is 0 Å². The van der Waals surface area contributed by atoms with E-state index in [9.17, 15) is 0 Å². The third kappa shape index (κ3) is 3.81. The second kappa shape index (κ2) is 7.21. The van der Waals surface area contributed by atoms with Gasteiger partial charge in [0.1, 0.15) is 0 Å². The Hall–Kier alpha value is -0.900. The molecule has 20 heavy (non-hydrogen) atoms. The molecule has 0 aliphatic carbocycles. The summed E-state index contributed by atoms with van der Waals surface area (Å²) in [7, 11) is 2.23. The van der Waals surface area contributed by atoms with Crippen molar-refractivity contribution in [2.45, 2.75) is 44.8 Å². The van der Waals surface area contributed by atoms with Crippen LogP contribution in [-0.4, -0.2) is 54.6 Å². The van der Waals surface area contributed by atoms with Gasteiger partial charge in [-0.1, -0.05) is 30.3 Å². The monoisotopic (exact) mass is 275 g/mol. The standard InChI is InChI=1S/C17H29N3/c1-14-12-20(13-15(2)19(14)3)17(11-18)10-9-16-7-5-4-6-8-16/h4-8,14-15,17H,9-13,18H2,1-3H3. The van der Waals surface area contributed by atoms with Crippen LogP contribution in [-0.2, 0) is 6.42 Å². The van der Waals surface area contributed by atoms with Crippen LogP contribution in [0.2, 0.25) is 0 Å². The van der Waals surface area contributed by atoms with Crippen LogP contribution >= 0.6 is 0 Å². The van der Waals surface area contributed by atoms with Crippen molar-refractivity contribution in [3.05, 3.63) is 35.9 Å². The molecule has 3 heteroatoms. The summed E-state index contributed by atoms with van der Waals surface area (Å²) in [5.41, 5.74) is 7.46. The van der Waals surface area contributed by atoms with Gasteiger partial charge in [0.2, 0.25) is 0 Å². The molecule has 2 rings (SSSR count). The molecular weight excluding hydrogens is 246 g/mol. The van der Waals surface area contributed by atoms with Crippen molar-refractivity contribution < 1.29 is 0 Å². The lowest BCUT2D eigenvalue weighted by Gasteiger charge is -2.45. The molecule has 1 aliphatic rings. The second-order valence-corrected chi connectivity index (χ2v) is 6.23. The fourth-order valence-electron chi connectivity index (χ4n) is 3.17. The zero-order valence-corrected chi connectivity index (χ0v) is 13.1. The molecule has 1 fully saturated rings. The predicted molar refractivity (Wildman–Crippen MR) is 85.9 cm³/mol. The van der Waals surface area contributed by atoms with Gasteiger partial charge in [0, 0.05) is 37.8 Å². The molecule has 0 radical (unpaired) electrons. The first kappa shape index (κ1) is 15.5. The number of nitrogens with zero attached hydrogens (tertiary/aromatic N) is 2. The van der Waals surface area contributed by atoms with Crippen molar-refractivity contribution in [1.29, 1.82) is 0 Å². The molecule has 1 aliphatic heterocycles. The summed E-state index contributed by atoms with van der Waals surface area (Å²) in [6, 6.07) is 12.5. The summed E-state index contributed by atoms with van der Waals surface area (Å²) in [6.07, 6.45) is 2.28. The maximum atomic E-state index is 6.04. The highest BCUT2D eigenvalue weighted by molar-refractivity contribution is 5.14. The Kier molecular flexibility index (Phi) is 5.58. The Morgan fingerprint density at radius 1 is 1.15 bits per heavy atom. The van der Waals surface area contributed by atoms with Crippen molar-refractivity contribution in [2.75, 3.05) is 26.7 Å². The van der Waals surface area contributed by atoms with E-state index in [2.05, 4.69) is 61.0 Å². The third-order valence-electron chi connectivity index (χ3n) is 4.79. The molecule has 3 unspecified atom stereocenters. The van der Waals surface area contributed by atoms with Crippen LogP contribution < -0.4 is 5.73 Å². The molecule has 2 N–H and O–H groups in total. The highest BCUT2D eigenvalue weighted by Gasteiger charge is 2.29. The zero-order valence-electron chi connectivity index (χ0n) is 13.1. The number of hydrogen-bond donors (Lipinski definition) is 1. The van der Waals surface area contributed by atoms with Crippen LogP contribution in [0.3, 0.4) is 0 Å². The van der Waals surface area contributed by atoms with E-state index in [1.807, 2.05) is 0 Å². The van der Waals surface area contributed by atoms with E-state index in [0.717, 1.165) is 32.5 Å². The molecule has 112 valence electrons. The minimum Gasteiger partial charge on any atom is -0.329 e. The van der Waals surface area contributed by atoms with Crippen LogP contribution in [0.15, 0.2) is 30.3 Å². The van der Waals surface area contributed by atoms with Crippen LogP contribution in [0.1, 0.15) is 25.8 Å². The minimum atomic E-state index is 0.508. The van der Waals surface area contributed by atoms with Gasteiger partial charge in [-0.3, -0.25) is 9.80 Å². The van der Waals surface area contributed by atoms with Gasteiger partial charge in [0.15, 0.2) is 0 Å². The number of hydrogen-bond acceptors (Lipinski definition) is 3. The first-order valence-electron chi connectivity index (χ1n) is 7.81. The fraction of sp³-hybridized carbons (Fsp3) is 0.647. The van der Waals surface area contributed by atoms with Gasteiger partial charge in [0.25, 0.3) is 0 Å². The van der Waals surface area contributed by atoms with Gasteiger partial charge >= 0.3 is 0 Å². The average molecular weight is 275 g/mol. The lowest BCUT2D eigenvalue weighted by atomic mass is 10.0. The van der Waals surface area contributed by atoms with E-state index in [1.54, 1.807) is 0 Å². The number of likely N-dealkylation sites (N-methyl/N-ethyl adjacent to an activating group) is 1. The minimum absolute atomic E-state index is 0.508. The van der Waals surface area contributed by atoms with Crippen molar-refractivity contribution in [2.24, 2.45) is 5.73 Å². The number of nitrogens with two attached hydrogens (primary N) is 1. The summed E-state index contributed by atoms with van der Waals surface area (Å²) in [6.45, 7) is 7.66. The summed E-state index contributed by atoms with van der Waals surface area (Å²) in [5.74, 6) is 0. The predicted octanol–water partition coefficient (Wildman–Crippen LogP) is 1.97. The number of piperazine rings is 1. The van der Waals surface area contributed by atoms with Gasteiger partial charge in [-0.15, -0.1) is 0 Å². The Bertz CT molecular complexity index is 380. The zero-order chi connectivity index (χ0) is 14.5. The maximum absolute atomic E-state index is 6.04. The van der Waals surface area contributed by atoms with Gasteiger partial charge in [-0.2, -0.15) is 0 Å². The highest BCUT2D eigenvalue weighted by Crippen LogP contribution is 2.18. The van der Waals surface area contributed by atoms with Crippen LogP contribution in [0.25, 0.3) is 0 Å². The number of rotatable bonds is 5. The van der Waals surface area contributed by atoms with E-state index in [4.69, 9.17) is 5.73 Å². The topological polar surface area (TPSA) is 32.5 Å². The number of benzene rings is 1. The fourth-order valence-corrected chi connectivity index (χ4v) is 3.17. The van der Waals surface area contributed by atoms with E-state index in [0.29, 0.717) is 18.1 Å². The molecule has 1 heterocycles. The van der Waals surface area contributed by atoms with E-state index < -0.39 is 0 Å². The van der Waals surface area contributed by atoms with Gasteiger partial charge in [-0.05, 0) is 39.3 Å². The summed E-state index contributed by atoms with van der Waals surface area (Å²) in [5, 5.41) is 0. The molecule has 1 aromatic rings. The van der Waals surface area contributed by atoms with Crippen molar-refractivity contribution in [3.63, 3.8) is 0 Å². The molecule has 1 saturated heterocycles. The Labute approximate surface area is 123 Å². The lowest BCUT2D eigenvalue weighted by Crippen LogP contribution is -2.58. The van der Waals surface area contributed by atoms with Crippen molar-refractivity contribution >= 4 is 0 Å². The Morgan fingerprint density at radius 3 is 2.30 bits per heavy atom. The van der Waals surface area contributed by atoms with Gasteiger partial charge < -0.3 is 5.73 Å². The summed E-state index contributed by atoms with van der Waals surface area (Å²) < 4.78 is 0. The SMILES string of the molecule is CC1CN(C(CN)CCc2ccccc2)CC(C)N1C. The maximum Gasteiger partial charge on any atom is 0.0222 e. The average Bonchev–Trinajstić information content (AvgIpc) is 2.46. The van der Waals surface area contributed by atoms with Crippen LogP contribution in [0, 0.1) is 0 Å².